The fourth-order valence-electron chi connectivity index (χ4n) is 1.97. The minimum atomic E-state index is 0.290. The lowest BCUT2D eigenvalue weighted by Gasteiger charge is -2.03. The van der Waals surface area contributed by atoms with Crippen molar-refractivity contribution in [2.75, 3.05) is 5.75 Å². The van der Waals surface area contributed by atoms with Crippen LogP contribution < -0.4 is 0 Å². The molecule has 0 atom stereocenters. The van der Waals surface area contributed by atoms with E-state index in [2.05, 4.69) is 11.1 Å². The normalized spacial score (nSPS) is 16.4. The zero-order valence-electron chi connectivity index (χ0n) is 8.25. The minimum Gasteiger partial charge on any atom is -0.361 e. The molecule has 0 unspecified atom stereocenters. The Morgan fingerprint density at radius 3 is 3.20 bits per heavy atom. The summed E-state index contributed by atoms with van der Waals surface area (Å²) in [6.07, 6.45) is 3.60. The summed E-state index contributed by atoms with van der Waals surface area (Å²) in [4.78, 5) is 16.2. The molecular formula is C12H11NOS. The lowest BCUT2D eigenvalue weighted by Crippen LogP contribution is -1.98. The molecule has 15 heavy (non-hydrogen) atoms. The molecule has 3 rings (SSSR count). The highest BCUT2D eigenvalue weighted by Crippen LogP contribution is 2.32. The van der Waals surface area contributed by atoms with Crippen LogP contribution >= 0.6 is 11.8 Å². The Morgan fingerprint density at radius 1 is 1.33 bits per heavy atom. The molecule has 1 N–H and O–H groups in total. The molecule has 0 saturated carbocycles. The number of aromatic nitrogens is 1. The van der Waals surface area contributed by atoms with Crippen LogP contribution in [0, 0.1) is 0 Å². The van der Waals surface area contributed by atoms with E-state index in [1.807, 2.05) is 18.3 Å². The molecule has 1 aromatic carbocycles. The second-order valence-electron chi connectivity index (χ2n) is 3.79. The number of ketones is 1. The van der Waals surface area contributed by atoms with Crippen LogP contribution in [0.3, 0.4) is 0 Å². The average Bonchev–Trinajstić information content (AvgIpc) is 2.62. The molecule has 1 aliphatic heterocycles. The first-order chi connectivity index (χ1) is 7.34. The average molecular weight is 217 g/mol. The highest BCUT2D eigenvalue weighted by molar-refractivity contribution is 7.99. The van der Waals surface area contributed by atoms with Crippen molar-refractivity contribution in [3.8, 4) is 0 Å². The van der Waals surface area contributed by atoms with Crippen molar-refractivity contribution in [3.63, 3.8) is 0 Å². The standard InChI is InChI=1S/C12H11NOS/c14-11-2-1-5-15-12-7-10-8(3-4-13-10)6-9(11)12/h3-4,6-7,13H,1-2,5H2. The van der Waals surface area contributed by atoms with Crippen LogP contribution in [-0.2, 0) is 0 Å². The van der Waals surface area contributed by atoms with Crippen LogP contribution in [0.15, 0.2) is 29.3 Å². The van der Waals surface area contributed by atoms with Crippen molar-refractivity contribution in [1.82, 2.24) is 4.98 Å². The fraction of sp³-hybridized carbons (Fsp3) is 0.250. The molecule has 0 bridgehead atoms. The number of fused-ring (bicyclic) bond motifs is 2. The van der Waals surface area contributed by atoms with E-state index >= 15 is 0 Å². The number of nitrogens with one attached hydrogen (secondary N) is 1. The van der Waals surface area contributed by atoms with E-state index in [9.17, 15) is 4.79 Å². The van der Waals surface area contributed by atoms with E-state index in [1.165, 1.54) is 0 Å². The maximum Gasteiger partial charge on any atom is 0.164 e. The maximum atomic E-state index is 11.8. The van der Waals surface area contributed by atoms with Gasteiger partial charge in [0, 0.05) is 34.0 Å². The number of rotatable bonds is 0. The summed E-state index contributed by atoms with van der Waals surface area (Å²) in [5, 5.41) is 1.13. The van der Waals surface area contributed by atoms with Gasteiger partial charge in [-0.25, -0.2) is 0 Å². The Balaban J connectivity index is 2.26. The number of thioether (sulfide) groups is 1. The molecule has 0 amide bonds. The Morgan fingerprint density at radius 2 is 2.27 bits per heavy atom. The second-order valence-corrected chi connectivity index (χ2v) is 4.93. The van der Waals surface area contributed by atoms with Crippen molar-refractivity contribution in [1.29, 1.82) is 0 Å². The molecule has 0 aliphatic carbocycles. The zero-order valence-corrected chi connectivity index (χ0v) is 9.06. The Labute approximate surface area is 92.1 Å². The SMILES string of the molecule is O=C1CCCSc2cc3[nH]ccc3cc21. The summed E-state index contributed by atoms with van der Waals surface area (Å²) >= 11 is 1.79. The van der Waals surface area contributed by atoms with Crippen molar-refractivity contribution in [3.05, 3.63) is 30.0 Å². The van der Waals surface area contributed by atoms with Crippen LogP contribution in [0.4, 0.5) is 0 Å². The molecule has 76 valence electrons. The number of carbonyl (C=O) groups excluding carboxylic acids is 1. The third-order valence-electron chi connectivity index (χ3n) is 2.76. The number of aromatic amines is 1. The third-order valence-corrected chi connectivity index (χ3v) is 3.90. The maximum absolute atomic E-state index is 11.8. The van der Waals surface area contributed by atoms with Crippen LogP contribution in [0.2, 0.25) is 0 Å². The van der Waals surface area contributed by atoms with E-state index < -0.39 is 0 Å². The topological polar surface area (TPSA) is 32.9 Å². The number of H-pyrrole nitrogens is 1. The Hall–Kier alpha value is -1.22. The van der Waals surface area contributed by atoms with E-state index in [-0.39, 0.29) is 5.78 Å². The number of hydrogen-bond donors (Lipinski definition) is 1. The molecule has 0 radical (unpaired) electrons. The van der Waals surface area contributed by atoms with Gasteiger partial charge >= 0.3 is 0 Å². The first-order valence-corrected chi connectivity index (χ1v) is 6.10. The Kier molecular flexibility index (Phi) is 2.06. The molecule has 2 heterocycles. The van der Waals surface area contributed by atoms with Gasteiger partial charge in [-0.3, -0.25) is 4.79 Å². The molecule has 2 aromatic rings. The summed E-state index contributed by atoms with van der Waals surface area (Å²) in [5.41, 5.74) is 2.03. The first-order valence-electron chi connectivity index (χ1n) is 5.12. The van der Waals surface area contributed by atoms with Gasteiger partial charge in [-0.15, -0.1) is 11.8 Å². The van der Waals surface area contributed by atoms with Crippen LogP contribution in [-0.4, -0.2) is 16.5 Å². The molecule has 1 aromatic heterocycles. The quantitative estimate of drug-likeness (QED) is 0.734. The molecule has 0 spiro atoms. The van der Waals surface area contributed by atoms with E-state index in [0.29, 0.717) is 6.42 Å². The summed E-state index contributed by atoms with van der Waals surface area (Å²) in [6, 6.07) is 6.12. The van der Waals surface area contributed by atoms with Gasteiger partial charge in [0.1, 0.15) is 0 Å². The van der Waals surface area contributed by atoms with Gasteiger partial charge in [0.25, 0.3) is 0 Å². The minimum absolute atomic E-state index is 0.290. The monoisotopic (exact) mass is 217 g/mol. The van der Waals surface area contributed by atoms with Crippen LogP contribution in [0.5, 0.6) is 0 Å². The van der Waals surface area contributed by atoms with E-state index in [1.54, 1.807) is 11.8 Å². The predicted octanol–water partition coefficient (Wildman–Crippen LogP) is 3.24. The van der Waals surface area contributed by atoms with Gasteiger partial charge in [0.05, 0.1) is 0 Å². The third kappa shape index (κ3) is 1.47. The lowest BCUT2D eigenvalue weighted by atomic mass is 10.1. The number of carbonyl (C=O) groups is 1. The summed E-state index contributed by atoms with van der Waals surface area (Å²) in [5.74, 6) is 1.34. The fourth-order valence-corrected chi connectivity index (χ4v) is 3.01. The van der Waals surface area contributed by atoms with Crippen LogP contribution in [0.25, 0.3) is 10.9 Å². The lowest BCUT2D eigenvalue weighted by molar-refractivity contribution is 0.0980. The van der Waals surface area contributed by atoms with Gasteiger partial charge < -0.3 is 4.98 Å². The highest BCUT2D eigenvalue weighted by atomic mass is 32.2. The molecule has 2 nitrogen and oxygen atoms in total. The van der Waals surface area contributed by atoms with E-state index in [0.717, 1.165) is 33.5 Å². The number of hydrogen-bond acceptors (Lipinski definition) is 2. The van der Waals surface area contributed by atoms with Gasteiger partial charge in [-0.1, -0.05) is 0 Å². The first kappa shape index (κ1) is 9.04. The smallest absolute Gasteiger partial charge is 0.164 e. The molecule has 0 saturated heterocycles. The number of benzene rings is 1. The van der Waals surface area contributed by atoms with Gasteiger partial charge in [-0.05, 0) is 30.4 Å². The summed E-state index contributed by atoms with van der Waals surface area (Å²) in [7, 11) is 0. The Bertz CT molecular complexity index is 529. The largest absolute Gasteiger partial charge is 0.361 e. The number of Topliss-reactive ketones (excluding diaryl/α,β-unsaturated/α-hetero) is 1. The molecule has 0 fully saturated rings. The van der Waals surface area contributed by atoms with Crippen molar-refractivity contribution >= 4 is 28.4 Å². The highest BCUT2D eigenvalue weighted by Gasteiger charge is 2.16. The van der Waals surface area contributed by atoms with Crippen molar-refractivity contribution in [2.45, 2.75) is 17.7 Å². The van der Waals surface area contributed by atoms with Crippen molar-refractivity contribution < 1.29 is 4.79 Å². The van der Waals surface area contributed by atoms with Gasteiger partial charge in [0.15, 0.2) is 5.78 Å². The molecule has 3 heteroatoms. The van der Waals surface area contributed by atoms with Gasteiger partial charge in [0.2, 0.25) is 0 Å². The van der Waals surface area contributed by atoms with Crippen LogP contribution in [0.1, 0.15) is 23.2 Å². The molecule has 1 aliphatic rings. The summed E-state index contributed by atoms with van der Waals surface area (Å²) in [6.45, 7) is 0. The molecular weight excluding hydrogens is 206 g/mol. The summed E-state index contributed by atoms with van der Waals surface area (Å²) < 4.78 is 0. The zero-order chi connectivity index (χ0) is 10.3. The predicted molar refractivity (Wildman–Crippen MR) is 62.6 cm³/mol. The second kappa shape index (κ2) is 3.42. The van der Waals surface area contributed by atoms with Crippen molar-refractivity contribution in [2.24, 2.45) is 0 Å². The van der Waals surface area contributed by atoms with E-state index in [4.69, 9.17) is 0 Å². The van der Waals surface area contributed by atoms with Gasteiger partial charge in [-0.2, -0.15) is 0 Å².